The van der Waals surface area contributed by atoms with Crippen molar-refractivity contribution < 1.29 is 42.5 Å². The zero-order valence-corrected chi connectivity index (χ0v) is 18.5. The summed E-state index contributed by atoms with van der Waals surface area (Å²) in [7, 11) is -4.47. The molecular weight excluding hydrogens is 343 g/mol. The van der Waals surface area contributed by atoms with Crippen LogP contribution in [0.15, 0.2) is 35.2 Å². The third kappa shape index (κ3) is 6.07. The Labute approximate surface area is 174 Å². The van der Waals surface area contributed by atoms with Crippen LogP contribution in [0.3, 0.4) is 0 Å². The molecule has 0 saturated carbocycles. The van der Waals surface area contributed by atoms with Gasteiger partial charge < -0.3 is 4.55 Å². The molecule has 25 heavy (non-hydrogen) atoms. The molecular formula is C20H27NaO3S. The summed E-state index contributed by atoms with van der Waals surface area (Å²) in [5.74, 6) is 0. The molecule has 0 unspecified atom stereocenters. The summed E-state index contributed by atoms with van der Waals surface area (Å²) in [6.45, 7) is 4.31. The Bertz CT molecular complexity index is 785. The van der Waals surface area contributed by atoms with E-state index in [0.29, 0.717) is 5.39 Å². The van der Waals surface area contributed by atoms with Crippen molar-refractivity contribution in [2.45, 2.75) is 70.1 Å². The molecule has 2 rings (SSSR count). The van der Waals surface area contributed by atoms with Crippen LogP contribution in [0.1, 0.15) is 63.5 Å². The SMILES string of the molecule is CCCCCc1ccc(S(=O)(=O)[O-])c2c(CCCCC)cccc12.[Na+]. The second-order valence-electron chi connectivity index (χ2n) is 6.43. The molecule has 0 spiro atoms. The van der Waals surface area contributed by atoms with Crippen LogP contribution >= 0.6 is 0 Å². The maximum Gasteiger partial charge on any atom is 1.00 e. The smallest absolute Gasteiger partial charge is 0.744 e. The van der Waals surface area contributed by atoms with Crippen molar-refractivity contribution in [1.29, 1.82) is 0 Å². The van der Waals surface area contributed by atoms with Crippen LogP contribution in [-0.4, -0.2) is 13.0 Å². The van der Waals surface area contributed by atoms with Gasteiger partial charge in [-0.05, 0) is 48.3 Å². The monoisotopic (exact) mass is 370 g/mol. The summed E-state index contributed by atoms with van der Waals surface area (Å²) in [6, 6.07) is 9.22. The maximum atomic E-state index is 11.7. The van der Waals surface area contributed by atoms with Gasteiger partial charge in [-0.1, -0.05) is 63.8 Å². The third-order valence-corrected chi connectivity index (χ3v) is 5.43. The van der Waals surface area contributed by atoms with Gasteiger partial charge in [0.2, 0.25) is 0 Å². The standard InChI is InChI=1S/C20H28O3S.Na/c1-3-5-7-10-16-14-15-19(24(21,22)23)20-17(11-8-6-4-2)12-9-13-18(16)20;/h9,12-15H,3-8,10-11H2,1-2H3,(H,21,22,23);/q;+1/p-1. The first-order chi connectivity index (χ1) is 11.5. The molecule has 2 aromatic carbocycles. The van der Waals surface area contributed by atoms with Crippen LogP contribution in [0, 0.1) is 0 Å². The predicted octanol–water partition coefficient (Wildman–Crippen LogP) is 2.21. The van der Waals surface area contributed by atoms with Crippen LogP contribution in [0.25, 0.3) is 10.8 Å². The summed E-state index contributed by atoms with van der Waals surface area (Å²) in [5, 5.41) is 1.58. The fraction of sp³-hybridized carbons (Fsp3) is 0.500. The Balaban J connectivity index is 0.00000312. The number of unbranched alkanes of at least 4 members (excludes halogenated alkanes) is 4. The van der Waals surface area contributed by atoms with Crippen molar-refractivity contribution >= 4 is 20.9 Å². The summed E-state index contributed by atoms with van der Waals surface area (Å²) in [6.07, 6.45) is 8.33. The number of fused-ring (bicyclic) bond motifs is 1. The van der Waals surface area contributed by atoms with E-state index in [-0.39, 0.29) is 34.5 Å². The second kappa shape index (κ2) is 10.7. The minimum atomic E-state index is -4.47. The van der Waals surface area contributed by atoms with Gasteiger partial charge in [0.1, 0.15) is 10.1 Å². The molecule has 0 N–H and O–H groups in total. The first kappa shape index (κ1) is 22.7. The average Bonchev–Trinajstić information content (AvgIpc) is 2.54. The first-order valence-electron chi connectivity index (χ1n) is 8.98. The zero-order valence-electron chi connectivity index (χ0n) is 15.7. The van der Waals surface area contributed by atoms with E-state index in [1.807, 2.05) is 24.3 Å². The fourth-order valence-corrected chi connectivity index (χ4v) is 4.00. The van der Waals surface area contributed by atoms with Gasteiger partial charge in [-0.15, -0.1) is 0 Å². The topological polar surface area (TPSA) is 57.2 Å². The molecule has 0 aliphatic rings. The molecule has 0 radical (unpaired) electrons. The molecule has 2 aromatic rings. The van der Waals surface area contributed by atoms with Crippen molar-refractivity contribution in [3.63, 3.8) is 0 Å². The predicted molar refractivity (Wildman–Crippen MR) is 98.4 cm³/mol. The van der Waals surface area contributed by atoms with Crippen molar-refractivity contribution in [1.82, 2.24) is 0 Å². The maximum absolute atomic E-state index is 11.7. The second-order valence-corrected chi connectivity index (χ2v) is 7.78. The Kier molecular flexibility index (Phi) is 9.68. The molecule has 5 heteroatoms. The first-order valence-corrected chi connectivity index (χ1v) is 10.4. The van der Waals surface area contributed by atoms with Crippen LogP contribution < -0.4 is 29.6 Å². The van der Waals surface area contributed by atoms with Crippen molar-refractivity contribution in [3.05, 3.63) is 41.5 Å². The number of rotatable bonds is 9. The van der Waals surface area contributed by atoms with Crippen LogP contribution in [0.4, 0.5) is 0 Å². The Morgan fingerprint density at radius 2 is 1.44 bits per heavy atom. The zero-order chi connectivity index (χ0) is 17.6. The van der Waals surface area contributed by atoms with Crippen molar-refractivity contribution in [2.75, 3.05) is 0 Å². The summed E-state index contributed by atoms with van der Waals surface area (Å²) >= 11 is 0. The van der Waals surface area contributed by atoms with E-state index in [1.54, 1.807) is 0 Å². The van der Waals surface area contributed by atoms with E-state index in [1.165, 1.54) is 6.07 Å². The largest absolute Gasteiger partial charge is 1.00 e. The van der Waals surface area contributed by atoms with Crippen molar-refractivity contribution in [2.24, 2.45) is 0 Å². The van der Waals surface area contributed by atoms with Crippen LogP contribution in [0.2, 0.25) is 0 Å². The molecule has 0 saturated heterocycles. The van der Waals surface area contributed by atoms with Crippen molar-refractivity contribution in [3.8, 4) is 0 Å². The molecule has 0 heterocycles. The minimum Gasteiger partial charge on any atom is -0.744 e. The van der Waals surface area contributed by atoms with Crippen LogP contribution in [-0.2, 0) is 23.0 Å². The Hall–Kier alpha value is -0.390. The number of hydrogen-bond acceptors (Lipinski definition) is 3. The molecule has 0 aliphatic carbocycles. The third-order valence-electron chi connectivity index (χ3n) is 4.55. The van der Waals surface area contributed by atoms with Gasteiger partial charge in [-0.2, -0.15) is 0 Å². The molecule has 0 atom stereocenters. The summed E-state index contributed by atoms with van der Waals surface area (Å²) in [4.78, 5) is -0.0659. The van der Waals surface area contributed by atoms with Gasteiger partial charge in [0.15, 0.2) is 0 Å². The van der Waals surface area contributed by atoms with E-state index in [4.69, 9.17) is 0 Å². The Morgan fingerprint density at radius 3 is 2.00 bits per heavy atom. The van der Waals surface area contributed by atoms with E-state index in [9.17, 15) is 13.0 Å². The van der Waals surface area contributed by atoms with Gasteiger partial charge in [0.05, 0.1) is 4.90 Å². The van der Waals surface area contributed by atoms with Gasteiger partial charge >= 0.3 is 29.6 Å². The molecule has 0 bridgehead atoms. The van der Waals surface area contributed by atoms with E-state index in [2.05, 4.69) is 13.8 Å². The van der Waals surface area contributed by atoms with E-state index in [0.717, 1.165) is 67.9 Å². The van der Waals surface area contributed by atoms with Gasteiger partial charge in [-0.3, -0.25) is 0 Å². The normalized spacial score (nSPS) is 11.5. The van der Waals surface area contributed by atoms with Gasteiger partial charge in [0.25, 0.3) is 0 Å². The molecule has 0 fully saturated rings. The fourth-order valence-electron chi connectivity index (χ4n) is 3.27. The molecule has 0 aromatic heterocycles. The number of aryl methyl sites for hydroxylation is 2. The average molecular weight is 370 g/mol. The molecule has 3 nitrogen and oxygen atoms in total. The summed E-state index contributed by atoms with van der Waals surface area (Å²) < 4.78 is 35.2. The quantitative estimate of drug-likeness (QED) is 0.386. The van der Waals surface area contributed by atoms with E-state index < -0.39 is 10.1 Å². The van der Waals surface area contributed by atoms with Gasteiger partial charge in [-0.25, -0.2) is 8.42 Å². The van der Waals surface area contributed by atoms with Gasteiger partial charge in [0, 0.05) is 5.39 Å². The molecule has 132 valence electrons. The number of hydrogen-bond donors (Lipinski definition) is 0. The summed E-state index contributed by atoms with van der Waals surface area (Å²) in [5.41, 5.74) is 2.12. The minimum absolute atomic E-state index is 0. The molecule has 0 amide bonds. The number of benzene rings is 2. The van der Waals surface area contributed by atoms with E-state index >= 15 is 0 Å². The molecule has 0 aliphatic heterocycles. The van der Waals surface area contributed by atoms with Crippen LogP contribution in [0.5, 0.6) is 0 Å². The Morgan fingerprint density at radius 1 is 0.840 bits per heavy atom.